The normalized spacial score (nSPS) is 11.9. The van der Waals surface area contributed by atoms with Crippen LogP contribution in [0.5, 0.6) is 0 Å². The zero-order chi connectivity index (χ0) is 14.4. The highest BCUT2D eigenvalue weighted by molar-refractivity contribution is 7.09. The minimum Gasteiger partial charge on any atom is -0.476 e. The summed E-state index contributed by atoms with van der Waals surface area (Å²) in [6.45, 7) is 2.53. The first-order chi connectivity index (χ1) is 8.95. The summed E-state index contributed by atoms with van der Waals surface area (Å²) in [7, 11) is 3.24. The van der Waals surface area contributed by atoms with Crippen molar-refractivity contribution < 1.29 is 19.4 Å². The third-order valence-corrected chi connectivity index (χ3v) is 3.40. The van der Waals surface area contributed by atoms with Gasteiger partial charge >= 0.3 is 12.0 Å². The predicted molar refractivity (Wildman–Crippen MR) is 70.4 cm³/mol. The van der Waals surface area contributed by atoms with E-state index in [-0.39, 0.29) is 24.3 Å². The summed E-state index contributed by atoms with van der Waals surface area (Å²) in [6.07, 6.45) is 0. The van der Waals surface area contributed by atoms with E-state index < -0.39 is 5.97 Å². The van der Waals surface area contributed by atoms with Crippen LogP contribution in [0.3, 0.4) is 0 Å². The van der Waals surface area contributed by atoms with Gasteiger partial charge in [0.1, 0.15) is 5.01 Å². The number of likely N-dealkylation sites (N-methyl/N-ethyl adjacent to an activating group) is 1. The van der Waals surface area contributed by atoms with Gasteiger partial charge in [-0.15, -0.1) is 11.3 Å². The van der Waals surface area contributed by atoms with Crippen molar-refractivity contribution in [2.75, 3.05) is 20.8 Å². The van der Waals surface area contributed by atoms with Crippen molar-refractivity contribution in [1.29, 1.82) is 0 Å². The fourth-order valence-electron chi connectivity index (χ4n) is 1.32. The summed E-state index contributed by atoms with van der Waals surface area (Å²) >= 11 is 1.20. The lowest BCUT2D eigenvalue weighted by molar-refractivity contribution is 0.0691. The fourth-order valence-corrected chi connectivity index (χ4v) is 2.03. The van der Waals surface area contributed by atoms with Crippen LogP contribution in [-0.4, -0.2) is 53.8 Å². The molecular formula is C11H17N3O4S. The number of aromatic nitrogens is 1. The highest BCUT2D eigenvalue weighted by Gasteiger charge is 2.16. The largest absolute Gasteiger partial charge is 0.476 e. The number of thiazole rings is 1. The maximum Gasteiger partial charge on any atom is 0.355 e. The molecule has 1 atom stereocenters. The Bertz CT molecular complexity index is 449. The molecule has 1 rings (SSSR count). The molecule has 0 spiro atoms. The second kappa shape index (κ2) is 7.05. The van der Waals surface area contributed by atoms with E-state index in [1.54, 1.807) is 14.2 Å². The Morgan fingerprint density at radius 2 is 2.32 bits per heavy atom. The molecule has 1 unspecified atom stereocenters. The third kappa shape index (κ3) is 4.49. The van der Waals surface area contributed by atoms with Crippen LogP contribution >= 0.6 is 11.3 Å². The topological polar surface area (TPSA) is 91.8 Å². The van der Waals surface area contributed by atoms with Crippen molar-refractivity contribution in [3.05, 3.63) is 16.1 Å². The van der Waals surface area contributed by atoms with Crippen LogP contribution in [0.1, 0.15) is 22.4 Å². The van der Waals surface area contributed by atoms with Crippen molar-refractivity contribution in [1.82, 2.24) is 15.2 Å². The van der Waals surface area contributed by atoms with E-state index in [0.29, 0.717) is 11.6 Å². The molecule has 2 N–H and O–H groups in total. The Hall–Kier alpha value is -1.67. The monoisotopic (exact) mass is 287 g/mol. The number of hydrogen-bond acceptors (Lipinski definition) is 5. The van der Waals surface area contributed by atoms with Gasteiger partial charge in [0.2, 0.25) is 0 Å². The number of methoxy groups -OCH3 is 1. The highest BCUT2D eigenvalue weighted by atomic mass is 32.1. The molecule has 0 saturated carbocycles. The van der Waals surface area contributed by atoms with E-state index in [1.807, 2.05) is 6.92 Å². The van der Waals surface area contributed by atoms with Gasteiger partial charge in [-0.05, 0) is 6.92 Å². The Morgan fingerprint density at radius 3 is 2.84 bits per heavy atom. The molecule has 1 heterocycles. The maximum absolute atomic E-state index is 11.8. The smallest absolute Gasteiger partial charge is 0.355 e. The van der Waals surface area contributed by atoms with Crippen molar-refractivity contribution in [2.45, 2.75) is 19.5 Å². The Labute approximate surface area is 115 Å². The van der Waals surface area contributed by atoms with E-state index in [4.69, 9.17) is 9.84 Å². The van der Waals surface area contributed by atoms with Gasteiger partial charge in [-0.2, -0.15) is 0 Å². The molecule has 1 aromatic heterocycles. The number of ether oxygens (including phenoxy) is 1. The lowest BCUT2D eigenvalue weighted by Crippen LogP contribution is -2.43. The molecule has 0 aliphatic heterocycles. The molecule has 0 saturated heterocycles. The highest BCUT2D eigenvalue weighted by Crippen LogP contribution is 2.09. The fraction of sp³-hybridized carbons (Fsp3) is 0.545. The van der Waals surface area contributed by atoms with Gasteiger partial charge in [-0.1, -0.05) is 0 Å². The standard InChI is InChI=1S/C11H17N3O4S/c1-7(5-18-3)14(2)11(17)12-4-9-13-8(6-19-9)10(15)16/h6-7H,4-5H2,1-3H3,(H,12,17)(H,15,16). The summed E-state index contributed by atoms with van der Waals surface area (Å²) in [4.78, 5) is 27.9. The molecular weight excluding hydrogens is 270 g/mol. The number of urea groups is 1. The van der Waals surface area contributed by atoms with E-state index in [9.17, 15) is 9.59 Å². The second-order valence-corrected chi connectivity index (χ2v) is 4.95. The lowest BCUT2D eigenvalue weighted by atomic mass is 10.3. The molecule has 0 aliphatic carbocycles. The Balaban J connectivity index is 2.47. The van der Waals surface area contributed by atoms with Gasteiger partial charge < -0.3 is 20.1 Å². The lowest BCUT2D eigenvalue weighted by Gasteiger charge is -2.24. The van der Waals surface area contributed by atoms with Crippen LogP contribution in [0, 0.1) is 0 Å². The van der Waals surface area contributed by atoms with Crippen LogP contribution in [-0.2, 0) is 11.3 Å². The van der Waals surface area contributed by atoms with Gasteiger partial charge in [0, 0.05) is 19.5 Å². The number of aromatic carboxylic acids is 1. The Morgan fingerprint density at radius 1 is 1.63 bits per heavy atom. The minimum atomic E-state index is -1.07. The van der Waals surface area contributed by atoms with Crippen molar-refractivity contribution in [3.63, 3.8) is 0 Å². The van der Waals surface area contributed by atoms with Crippen LogP contribution in [0.2, 0.25) is 0 Å². The van der Waals surface area contributed by atoms with Crippen LogP contribution in [0.15, 0.2) is 5.38 Å². The molecule has 0 aromatic carbocycles. The predicted octanol–water partition coefficient (Wildman–Crippen LogP) is 1.02. The average Bonchev–Trinajstić information content (AvgIpc) is 2.84. The molecule has 0 radical (unpaired) electrons. The van der Waals surface area contributed by atoms with E-state index in [2.05, 4.69) is 10.3 Å². The molecule has 1 aromatic rings. The number of carboxylic acids is 1. The number of carboxylic acid groups (broad SMARTS) is 1. The molecule has 7 nitrogen and oxygen atoms in total. The number of rotatable bonds is 6. The van der Waals surface area contributed by atoms with E-state index >= 15 is 0 Å². The number of hydrogen-bond donors (Lipinski definition) is 2. The van der Waals surface area contributed by atoms with Crippen LogP contribution in [0.4, 0.5) is 4.79 Å². The van der Waals surface area contributed by atoms with Crippen molar-refractivity contribution in [2.24, 2.45) is 0 Å². The van der Waals surface area contributed by atoms with Gasteiger partial charge in [0.05, 0.1) is 19.2 Å². The number of amides is 2. The zero-order valence-electron chi connectivity index (χ0n) is 11.0. The Kier molecular flexibility index (Phi) is 5.71. The minimum absolute atomic E-state index is 0.00430. The van der Waals surface area contributed by atoms with Crippen molar-refractivity contribution >= 4 is 23.3 Å². The number of nitrogens with one attached hydrogen (secondary N) is 1. The van der Waals surface area contributed by atoms with Crippen molar-refractivity contribution in [3.8, 4) is 0 Å². The summed E-state index contributed by atoms with van der Waals surface area (Å²) in [5.41, 5.74) is -0.00430. The summed E-state index contributed by atoms with van der Waals surface area (Å²) in [6, 6.07) is -0.299. The molecule has 0 bridgehead atoms. The average molecular weight is 287 g/mol. The maximum atomic E-state index is 11.8. The van der Waals surface area contributed by atoms with E-state index in [0.717, 1.165) is 0 Å². The van der Waals surface area contributed by atoms with Gasteiger partial charge in [0.15, 0.2) is 5.69 Å². The first-order valence-electron chi connectivity index (χ1n) is 5.63. The number of carbonyl (C=O) groups excluding carboxylic acids is 1. The molecule has 2 amide bonds. The number of nitrogens with zero attached hydrogens (tertiary/aromatic N) is 2. The second-order valence-electron chi connectivity index (χ2n) is 4.01. The first-order valence-corrected chi connectivity index (χ1v) is 6.51. The first kappa shape index (κ1) is 15.4. The molecule has 19 heavy (non-hydrogen) atoms. The molecule has 0 fully saturated rings. The van der Waals surface area contributed by atoms with Gasteiger partial charge in [-0.3, -0.25) is 0 Å². The van der Waals surface area contributed by atoms with E-state index in [1.165, 1.54) is 21.6 Å². The van der Waals surface area contributed by atoms with Gasteiger partial charge in [-0.25, -0.2) is 14.6 Å². The quantitative estimate of drug-likeness (QED) is 0.815. The number of carbonyl (C=O) groups is 2. The summed E-state index contributed by atoms with van der Waals surface area (Å²) < 4.78 is 4.97. The SMILES string of the molecule is COCC(C)N(C)C(=O)NCc1nc(C(=O)O)cs1. The summed E-state index contributed by atoms with van der Waals surface area (Å²) in [5, 5.41) is 13.4. The zero-order valence-corrected chi connectivity index (χ0v) is 11.9. The van der Waals surface area contributed by atoms with Crippen LogP contribution in [0.25, 0.3) is 0 Å². The molecule has 8 heteroatoms. The third-order valence-electron chi connectivity index (χ3n) is 2.55. The molecule has 106 valence electrons. The van der Waals surface area contributed by atoms with Crippen LogP contribution < -0.4 is 5.32 Å². The molecule has 0 aliphatic rings. The van der Waals surface area contributed by atoms with Gasteiger partial charge in [0.25, 0.3) is 0 Å². The summed E-state index contributed by atoms with van der Waals surface area (Å²) in [5.74, 6) is -1.07.